The van der Waals surface area contributed by atoms with Gasteiger partial charge in [-0.05, 0) is 28.1 Å². The molecule has 0 amide bonds. The van der Waals surface area contributed by atoms with Crippen molar-refractivity contribution >= 4 is 33.4 Å². The first kappa shape index (κ1) is 12.7. The van der Waals surface area contributed by atoms with Crippen LogP contribution in [0.2, 0.25) is 0 Å². The Kier molecular flexibility index (Phi) is 3.68. The number of nitrogen functional groups attached to an aromatic ring is 1. The number of aromatic nitrogens is 2. The van der Waals surface area contributed by atoms with E-state index in [4.69, 9.17) is 5.84 Å². The van der Waals surface area contributed by atoms with Crippen LogP contribution < -0.4 is 16.6 Å². The van der Waals surface area contributed by atoms with Gasteiger partial charge in [-0.3, -0.25) is 5.43 Å². The van der Waals surface area contributed by atoms with Gasteiger partial charge in [0.2, 0.25) is 5.95 Å². The Hall–Kier alpha value is -1.80. The molecule has 0 radical (unpaired) electrons. The fourth-order valence-electron chi connectivity index (χ4n) is 1.25. The molecule has 0 aliphatic heterocycles. The van der Waals surface area contributed by atoms with Crippen LogP contribution in [0.1, 0.15) is 0 Å². The molecule has 2 rings (SSSR count). The zero-order chi connectivity index (χ0) is 13.1. The van der Waals surface area contributed by atoms with Gasteiger partial charge in [0.25, 0.3) is 0 Å². The van der Waals surface area contributed by atoms with E-state index >= 15 is 0 Å². The normalized spacial score (nSPS) is 10.2. The summed E-state index contributed by atoms with van der Waals surface area (Å²) in [6, 6.07) is 3.55. The number of rotatable bonds is 3. The third-order valence-corrected chi connectivity index (χ3v) is 2.67. The van der Waals surface area contributed by atoms with Crippen molar-refractivity contribution < 1.29 is 8.78 Å². The standard InChI is InChI=1S/C10H8BrF2N5/c11-5-3-7(13)8(4-6(5)12)16-9-1-2-15-10(17-9)18-14/h1-4H,14H2,(H2,15,16,17,18). The van der Waals surface area contributed by atoms with E-state index in [1.807, 2.05) is 0 Å². The molecular formula is C10H8BrF2N5. The lowest BCUT2D eigenvalue weighted by Crippen LogP contribution is -2.11. The first-order valence-electron chi connectivity index (χ1n) is 4.81. The predicted molar refractivity (Wildman–Crippen MR) is 67.2 cm³/mol. The van der Waals surface area contributed by atoms with Gasteiger partial charge in [0.15, 0.2) is 0 Å². The van der Waals surface area contributed by atoms with Gasteiger partial charge in [0.05, 0.1) is 10.2 Å². The first-order valence-corrected chi connectivity index (χ1v) is 5.60. The molecule has 0 fully saturated rings. The highest BCUT2D eigenvalue weighted by Gasteiger charge is 2.09. The number of halogens is 3. The van der Waals surface area contributed by atoms with Gasteiger partial charge in [-0.2, -0.15) is 4.98 Å². The zero-order valence-corrected chi connectivity index (χ0v) is 10.5. The number of nitrogens with zero attached hydrogens (tertiary/aromatic N) is 2. The number of nitrogens with one attached hydrogen (secondary N) is 2. The first-order chi connectivity index (χ1) is 8.60. The fourth-order valence-corrected chi connectivity index (χ4v) is 1.57. The lowest BCUT2D eigenvalue weighted by molar-refractivity contribution is 0.597. The molecule has 4 N–H and O–H groups in total. The predicted octanol–water partition coefficient (Wildman–Crippen LogP) is 2.55. The highest BCUT2D eigenvalue weighted by Crippen LogP contribution is 2.25. The molecule has 94 valence electrons. The largest absolute Gasteiger partial charge is 0.338 e. The minimum Gasteiger partial charge on any atom is -0.338 e. The molecule has 0 spiro atoms. The van der Waals surface area contributed by atoms with Crippen molar-refractivity contribution in [2.24, 2.45) is 5.84 Å². The molecule has 5 nitrogen and oxygen atoms in total. The average molecular weight is 316 g/mol. The Morgan fingerprint density at radius 3 is 2.72 bits per heavy atom. The molecular weight excluding hydrogens is 308 g/mol. The summed E-state index contributed by atoms with van der Waals surface area (Å²) in [6.45, 7) is 0. The van der Waals surface area contributed by atoms with Crippen LogP contribution in [-0.2, 0) is 0 Å². The third-order valence-electron chi connectivity index (χ3n) is 2.06. The van der Waals surface area contributed by atoms with Gasteiger partial charge in [0.1, 0.15) is 17.5 Å². The maximum Gasteiger partial charge on any atom is 0.239 e. The van der Waals surface area contributed by atoms with E-state index in [1.54, 1.807) is 0 Å². The summed E-state index contributed by atoms with van der Waals surface area (Å²) in [5.41, 5.74) is 2.22. The smallest absolute Gasteiger partial charge is 0.239 e. The second kappa shape index (κ2) is 5.23. The van der Waals surface area contributed by atoms with Crippen LogP contribution in [0.15, 0.2) is 28.9 Å². The van der Waals surface area contributed by atoms with E-state index < -0.39 is 11.6 Å². The molecule has 8 heteroatoms. The quantitative estimate of drug-likeness (QED) is 0.461. The maximum absolute atomic E-state index is 13.6. The summed E-state index contributed by atoms with van der Waals surface area (Å²) in [5.74, 6) is 4.41. The van der Waals surface area contributed by atoms with E-state index in [9.17, 15) is 8.78 Å². The number of nitrogens with two attached hydrogens (primary N) is 1. The summed E-state index contributed by atoms with van der Waals surface area (Å²) >= 11 is 2.89. The third kappa shape index (κ3) is 2.71. The van der Waals surface area contributed by atoms with Crippen molar-refractivity contribution in [3.63, 3.8) is 0 Å². The van der Waals surface area contributed by atoms with Crippen molar-refractivity contribution in [3.05, 3.63) is 40.5 Å². The van der Waals surface area contributed by atoms with Gasteiger partial charge in [-0.15, -0.1) is 0 Å². The number of hydrogen-bond donors (Lipinski definition) is 3. The van der Waals surface area contributed by atoms with Crippen LogP contribution in [0.25, 0.3) is 0 Å². The van der Waals surface area contributed by atoms with Crippen LogP contribution in [-0.4, -0.2) is 9.97 Å². The Morgan fingerprint density at radius 1 is 1.22 bits per heavy atom. The lowest BCUT2D eigenvalue weighted by atomic mass is 10.3. The monoisotopic (exact) mass is 315 g/mol. The Morgan fingerprint density at radius 2 is 2.00 bits per heavy atom. The molecule has 1 aromatic heterocycles. The Bertz CT molecular complexity index is 578. The van der Waals surface area contributed by atoms with Crippen molar-refractivity contribution in [3.8, 4) is 0 Å². The SMILES string of the molecule is NNc1nccc(Nc2cc(F)c(Br)cc2F)n1. The van der Waals surface area contributed by atoms with Crippen LogP contribution in [0.4, 0.5) is 26.2 Å². The molecule has 0 unspecified atom stereocenters. The topological polar surface area (TPSA) is 75.9 Å². The number of hydrazine groups is 1. The van der Waals surface area contributed by atoms with Gasteiger partial charge >= 0.3 is 0 Å². The van der Waals surface area contributed by atoms with Crippen LogP contribution in [0, 0.1) is 11.6 Å². The summed E-state index contributed by atoms with van der Waals surface area (Å²) in [4.78, 5) is 7.71. The van der Waals surface area contributed by atoms with E-state index in [-0.39, 0.29) is 16.1 Å². The molecule has 0 saturated heterocycles. The maximum atomic E-state index is 13.6. The van der Waals surface area contributed by atoms with Gasteiger partial charge < -0.3 is 5.32 Å². The molecule has 1 aromatic carbocycles. The van der Waals surface area contributed by atoms with Crippen molar-refractivity contribution in [1.29, 1.82) is 0 Å². The molecule has 0 aliphatic carbocycles. The van der Waals surface area contributed by atoms with Crippen LogP contribution >= 0.6 is 15.9 Å². The second-order valence-electron chi connectivity index (χ2n) is 3.28. The molecule has 0 bridgehead atoms. The summed E-state index contributed by atoms with van der Waals surface area (Å²) in [6.07, 6.45) is 1.43. The number of anilines is 3. The highest BCUT2D eigenvalue weighted by molar-refractivity contribution is 9.10. The lowest BCUT2D eigenvalue weighted by Gasteiger charge is -2.08. The number of benzene rings is 1. The van der Waals surface area contributed by atoms with E-state index in [2.05, 4.69) is 36.6 Å². The minimum atomic E-state index is -0.607. The second-order valence-corrected chi connectivity index (χ2v) is 4.14. The Balaban J connectivity index is 2.30. The minimum absolute atomic E-state index is 0.0302. The van der Waals surface area contributed by atoms with Crippen molar-refractivity contribution in [2.45, 2.75) is 0 Å². The van der Waals surface area contributed by atoms with Crippen LogP contribution in [0.5, 0.6) is 0 Å². The highest BCUT2D eigenvalue weighted by atomic mass is 79.9. The molecule has 18 heavy (non-hydrogen) atoms. The van der Waals surface area contributed by atoms with E-state index in [1.165, 1.54) is 12.3 Å². The summed E-state index contributed by atoms with van der Waals surface area (Å²) < 4.78 is 26.9. The average Bonchev–Trinajstić information content (AvgIpc) is 2.36. The van der Waals surface area contributed by atoms with Gasteiger partial charge in [-0.25, -0.2) is 19.6 Å². The van der Waals surface area contributed by atoms with Gasteiger partial charge in [-0.1, -0.05) is 0 Å². The molecule has 1 heterocycles. The summed E-state index contributed by atoms with van der Waals surface area (Å²) in [7, 11) is 0. The number of hydrogen-bond acceptors (Lipinski definition) is 5. The summed E-state index contributed by atoms with van der Waals surface area (Å²) in [5, 5.41) is 2.63. The molecule has 0 atom stereocenters. The Labute approximate surface area is 110 Å². The zero-order valence-electron chi connectivity index (χ0n) is 8.92. The van der Waals surface area contributed by atoms with E-state index in [0.29, 0.717) is 5.82 Å². The molecule has 0 saturated carbocycles. The van der Waals surface area contributed by atoms with Crippen molar-refractivity contribution in [1.82, 2.24) is 9.97 Å². The van der Waals surface area contributed by atoms with Gasteiger partial charge in [0, 0.05) is 12.3 Å². The van der Waals surface area contributed by atoms with E-state index in [0.717, 1.165) is 12.1 Å². The van der Waals surface area contributed by atoms with Crippen LogP contribution in [0.3, 0.4) is 0 Å². The molecule has 0 aliphatic rings. The molecule has 2 aromatic rings. The fraction of sp³-hybridized carbons (Fsp3) is 0. The van der Waals surface area contributed by atoms with Crippen molar-refractivity contribution in [2.75, 3.05) is 10.7 Å².